The minimum absolute atomic E-state index is 0.0802. The second-order valence-corrected chi connectivity index (χ2v) is 11.5. The molecule has 1 atom stereocenters. The van der Waals surface area contributed by atoms with Crippen molar-refractivity contribution >= 4 is 33.9 Å². The number of hydrogen-bond acceptors (Lipinski definition) is 6. The van der Waals surface area contributed by atoms with Gasteiger partial charge in [-0.15, -0.1) is 0 Å². The van der Waals surface area contributed by atoms with Crippen molar-refractivity contribution in [2.75, 3.05) is 7.11 Å². The summed E-state index contributed by atoms with van der Waals surface area (Å²) in [5.74, 6) is 0.809. The van der Waals surface area contributed by atoms with Gasteiger partial charge in [-0.05, 0) is 82.0 Å². The molecule has 0 aliphatic carbocycles. The van der Waals surface area contributed by atoms with E-state index in [2.05, 4.69) is 22.0 Å². The SMILES string of the molecule is COc1cc(C(=O)OC(C)C)cc2nc(-c3cc4ccc5nc4n3CCCCCc3ccccc3C(=O)N[C@@H]5C)n(C)c12. The number of benzene rings is 2. The second kappa shape index (κ2) is 11.6. The van der Waals surface area contributed by atoms with E-state index in [0.29, 0.717) is 16.8 Å². The van der Waals surface area contributed by atoms with Crippen LogP contribution >= 0.6 is 0 Å². The van der Waals surface area contributed by atoms with Crippen LogP contribution in [0.25, 0.3) is 33.6 Å². The number of methoxy groups -OCH3 is 1. The van der Waals surface area contributed by atoms with Gasteiger partial charge in [0.1, 0.15) is 16.9 Å². The third kappa shape index (κ3) is 5.35. The molecule has 1 amide bonds. The van der Waals surface area contributed by atoms with Gasteiger partial charge in [-0.1, -0.05) is 24.6 Å². The fourth-order valence-corrected chi connectivity index (χ4v) is 5.96. The number of carbonyl (C=O) groups is 2. The normalized spacial score (nSPS) is 15.9. The van der Waals surface area contributed by atoms with Gasteiger partial charge >= 0.3 is 5.97 Å². The van der Waals surface area contributed by atoms with E-state index in [1.165, 1.54) is 0 Å². The third-order valence-electron chi connectivity index (χ3n) is 8.11. The third-order valence-corrected chi connectivity index (χ3v) is 8.11. The summed E-state index contributed by atoms with van der Waals surface area (Å²) in [5.41, 5.74) is 6.22. The van der Waals surface area contributed by atoms with Gasteiger partial charge in [-0.2, -0.15) is 0 Å². The Bertz CT molecular complexity index is 1850. The fraction of sp³-hybridized carbons (Fsp3) is 0.353. The zero-order valence-electron chi connectivity index (χ0n) is 25.3. The molecule has 1 aliphatic rings. The maximum Gasteiger partial charge on any atom is 0.338 e. The number of rotatable bonds is 4. The Morgan fingerprint density at radius 3 is 2.65 bits per heavy atom. The van der Waals surface area contributed by atoms with Crippen molar-refractivity contribution in [3.05, 3.63) is 77.0 Å². The maximum atomic E-state index is 13.2. The molecule has 2 aromatic carbocycles. The Kier molecular flexibility index (Phi) is 7.64. The Morgan fingerprint density at radius 1 is 1.05 bits per heavy atom. The number of pyridine rings is 1. The predicted molar refractivity (Wildman–Crippen MR) is 166 cm³/mol. The first-order valence-corrected chi connectivity index (χ1v) is 14.9. The highest BCUT2D eigenvalue weighted by Crippen LogP contribution is 2.35. The summed E-state index contributed by atoms with van der Waals surface area (Å²) in [5, 5.41) is 4.15. The Morgan fingerprint density at radius 2 is 1.86 bits per heavy atom. The lowest BCUT2D eigenvalue weighted by Crippen LogP contribution is -2.28. The average Bonchev–Trinajstić information content (AvgIpc) is 3.52. The van der Waals surface area contributed by atoms with Gasteiger partial charge < -0.3 is 23.9 Å². The molecule has 222 valence electrons. The van der Waals surface area contributed by atoms with Crippen LogP contribution in [0.4, 0.5) is 0 Å². The zero-order chi connectivity index (χ0) is 30.2. The van der Waals surface area contributed by atoms with Crippen molar-refractivity contribution in [2.24, 2.45) is 7.05 Å². The average molecular weight is 580 g/mol. The lowest BCUT2D eigenvalue weighted by molar-refractivity contribution is 0.0377. The lowest BCUT2D eigenvalue weighted by atomic mass is 10.00. The minimum Gasteiger partial charge on any atom is -0.494 e. The van der Waals surface area contributed by atoms with Gasteiger partial charge in [-0.25, -0.2) is 14.8 Å². The first kappa shape index (κ1) is 28.5. The number of hydrogen-bond donors (Lipinski definition) is 1. The van der Waals surface area contributed by atoms with Crippen LogP contribution in [0.15, 0.2) is 54.6 Å². The summed E-state index contributed by atoms with van der Waals surface area (Å²) in [6.07, 6.45) is 3.54. The van der Waals surface area contributed by atoms with E-state index in [0.717, 1.165) is 77.1 Å². The van der Waals surface area contributed by atoms with Crippen LogP contribution in [0.1, 0.15) is 78.0 Å². The number of imidazole rings is 1. The van der Waals surface area contributed by atoms with E-state index in [9.17, 15) is 9.59 Å². The van der Waals surface area contributed by atoms with E-state index in [-0.39, 0.29) is 18.1 Å². The van der Waals surface area contributed by atoms with Gasteiger partial charge in [0.2, 0.25) is 0 Å². The molecular weight excluding hydrogens is 542 g/mol. The largest absolute Gasteiger partial charge is 0.494 e. The number of nitrogens with zero attached hydrogens (tertiary/aromatic N) is 4. The number of aromatic nitrogens is 4. The highest BCUT2D eigenvalue weighted by molar-refractivity contribution is 5.98. The highest BCUT2D eigenvalue weighted by Gasteiger charge is 2.23. The monoisotopic (exact) mass is 579 g/mol. The minimum atomic E-state index is -0.412. The first-order chi connectivity index (χ1) is 20.7. The summed E-state index contributed by atoms with van der Waals surface area (Å²) in [6, 6.07) is 17.2. The Balaban J connectivity index is 1.45. The number of nitrogens with one attached hydrogen (secondary N) is 1. The molecule has 0 spiro atoms. The summed E-state index contributed by atoms with van der Waals surface area (Å²) in [7, 11) is 3.55. The second-order valence-electron chi connectivity index (χ2n) is 11.5. The van der Waals surface area contributed by atoms with E-state index in [1.54, 1.807) is 19.2 Å². The molecule has 0 radical (unpaired) electrons. The van der Waals surface area contributed by atoms with Gasteiger partial charge in [0.25, 0.3) is 5.91 Å². The van der Waals surface area contributed by atoms with E-state index in [1.807, 2.05) is 62.7 Å². The van der Waals surface area contributed by atoms with Crippen molar-refractivity contribution < 1.29 is 19.1 Å². The van der Waals surface area contributed by atoms with E-state index >= 15 is 0 Å². The van der Waals surface area contributed by atoms with Crippen molar-refractivity contribution in [3.8, 4) is 17.3 Å². The standard InChI is InChI=1S/C34H37N5O4/c1-20(2)43-34(41)24-17-27-30(29(19-24)42-5)38(4)32(37-27)28-18-23-14-15-26-21(3)35-33(40)25-13-9-8-12-22(25)11-7-6-10-16-39(28)31(23)36-26/h8-9,12-15,17-21H,6-7,10-11,16H2,1-5H3,(H,35,40)/t21-/m1/s1. The van der Waals surface area contributed by atoms with Crippen LogP contribution in [0, 0.1) is 0 Å². The first-order valence-electron chi connectivity index (χ1n) is 14.9. The molecule has 6 rings (SSSR count). The number of amides is 1. The molecule has 0 saturated heterocycles. The van der Waals surface area contributed by atoms with Crippen LogP contribution in [-0.4, -0.2) is 44.2 Å². The number of esters is 1. The molecule has 2 bridgehead atoms. The molecule has 5 aromatic rings. The Hall–Kier alpha value is -4.66. The van der Waals surface area contributed by atoms with Crippen LogP contribution in [0.5, 0.6) is 5.75 Å². The smallest absolute Gasteiger partial charge is 0.338 e. The molecule has 9 nitrogen and oxygen atoms in total. The quantitative estimate of drug-likeness (QED) is 0.248. The van der Waals surface area contributed by atoms with Crippen LogP contribution < -0.4 is 10.1 Å². The molecule has 1 aliphatic heterocycles. The van der Waals surface area contributed by atoms with Gasteiger partial charge in [0.15, 0.2) is 5.82 Å². The number of aryl methyl sites for hydroxylation is 3. The van der Waals surface area contributed by atoms with Crippen LogP contribution in [0.2, 0.25) is 0 Å². The number of fused-ring (bicyclic) bond motifs is 3. The van der Waals surface area contributed by atoms with Crippen LogP contribution in [0.3, 0.4) is 0 Å². The highest BCUT2D eigenvalue weighted by atomic mass is 16.5. The van der Waals surface area contributed by atoms with Gasteiger partial charge in [0, 0.05) is 24.5 Å². The fourth-order valence-electron chi connectivity index (χ4n) is 5.96. The summed E-state index contributed by atoms with van der Waals surface area (Å²) >= 11 is 0. The van der Waals surface area contributed by atoms with Crippen molar-refractivity contribution in [2.45, 2.75) is 65.1 Å². The molecule has 0 saturated carbocycles. The predicted octanol–water partition coefficient (Wildman–Crippen LogP) is 6.38. The summed E-state index contributed by atoms with van der Waals surface area (Å²) in [6.45, 7) is 6.38. The van der Waals surface area contributed by atoms with E-state index in [4.69, 9.17) is 19.4 Å². The van der Waals surface area contributed by atoms with Crippen molar-refractivity contribution in [1.82, 2.24) is 24.4 Å². The van der Waals surface area contributed by atoms with Crippen molar-refractivity contribution in [1.29, 1.82) is 0 Å². The molecular formula is C34H37N5O4. The molecule has 0 unspecified atom stereocenters. The van der Waals surface area contributed by atoms with E-state index < -0.39 is 5.97 Å². The number of carbonyl (C=O) groups excluding carboxylic acids is 2. The topological polar surface area (TPSA) is 100 Å². The van der Waals surface area contributed by atoms with Crippen molar-refractivity contribution in [3.63, 3.8) is 0 Å². The molecule has 0 fully saturated rings. The molecule has 3 aromatic heterocycles. The zero-order valence-corrected chi connectivity index (χ0v) is 25.3. The molecule has 1 N–H and O–H groups in total. The molecule has 43 heavy (non-hydrogen) atoms. The summed E-state index contributed by atoms with van der Waals surface area (Å²) in [4.78, 5) is 36.1. The lowest BCUT2D eigenvalue weighted by Gasteiger charge is -2.17. The van der Waals surface area contributed by atoms with Gasteiger partial charge in [0.05, 0.1) is 41.7 Å². The molecule has 9 heteroatoms. The number of ether oxygens (including phenoxy) is 2. The maximum absolute atomic E-state index is 13.2. The summed E-state index contributed by atoms with van der Waals surface area (Å²) < 4.78 is 15.4. The Labute approximate surface area is 250 Å². The van der Waals surface area contributed by atoms with Gasteiger partial charge in [-0.3, -0.25) is 4.79 Å². The molecule has 4 heterocycles. The van der Waals surface area contributed by atoms with Crippen LogP contribution in [-0.2, 0) is 24.8 Å².